The van der Waals surface area contributed by atoms with Gasteiger partial charge >= 0.3 is 6.01 Å². The van der Waals surface area contributed by atoms with Crippen LogP contribution in [-0.2, 0) is 13.1 Å². The zero-order chi connectivity index (χ0) is 36.0. The van der Waals surface area contributed by atoms with Crippen LogP contribution in [0.15, 0.2) is 42.6 Å². The fraction of sp³-hybridized carbons (Fsp3) is 0.553. The van der Waals surface area contributed by atoms with Gasteiger partial charge in [-0.25, -0.2) is 9.50 Å². The summed E-state index contributed by atoms with van der Waals surface area (Å²) in [6.07, 6.45) is 4.42. The summed E-state index contributed by atoms with van der Waals surface area (Å²) in [5.74, 6) is 3.36. The zero-order valence-corrected chi connectivity index (χ0v) is 31.1. The number of imidazole rings is 1. The van der Waals surface area contributed by atoms with Crippen LogP contribution in [0, 0.1) is 5.92 Å². The van der Waals surface area contributed by atoms with Crippen molar-refractivity contribution < 1.29 is 28.8 Å². The molecule has 5 rings (SSSR count). The van der Waals surface area contributed by atoms with Crippen molar-refractivity contribution in [2.24, 2.45) is 5.92 Å². The van der Waals surface area contributed by atoms with Crippen LogP contribution in [0.25, 0.3) is 5.65 Å². The van der Waals surface area contributed by atoms with Gasteiger partial charge in [-0.2, -0.15) is 4.98 Å². The number of aromatic nitrogens is 4. The largest absolute Gasteiger partial charge is 0.497 e. The second kappa shape index (κ2) is 16.2. The molecular weight excluding hydrogens is 636 g/mol. The molecule has 1 aliphatic heterocycles. The Morgan fingerprint density at radius 2 is 1.48 bits per heavy atom. The van der Waals surface area contributed by atoms with Gasteiger partial charge in [0, 0.05) is 41.9 Å². The topological polar surface area (TPSA) is 116 Å². The molecule has 4 aromatic rings. The van der Waals surface area contributed by atoms with E-state index in [4.69, 9.17) is 38.8 Å². The standard InChI is InChI=1S/C38H54N6O6/c1-10-11-25(2)50-37-40-36(35-39-22-31(44(35)41-37)34(45)26-16-18-43(19-17-26)38(3,4)5)42(23-27-12-14-29(46-6)20-32(27)48-8)24-28-13-15-30(47-7)21-33(28)49-9/h12-15,20-22,25-26,34,45H,10-11,16-19,23-24H2,1-9H3/t25-,34?/m0/s1. The Labute approximate surface area is 296 Å². The second-order valence-electron chi connectivity index (χ2n) is 14.0. The van der Waals surface area contributed by atoms with Gasteiger partial charge in [0.2, 0.25) is 0 Å². The Kier molecular flexibility index (Phi) is 11.9. The van der Waals surface area contributed by atoms with Gasteiger partial charge in [-0.15, -0.1) is 5.10 Å². The molecule has 2 aromatic carbocycles. The molecule has 2 aromatic heterocycles. The first kappa shape index (κ1) is 37.0. The number of hydrogen-bond donors (Lipinski definition) is 1. The fourth-order valence-electron chi connectivity index (χ4n) is 6.68. The van der Waals surface area contributed by atoms with Crippen molar-refractivity contribution in [3.8, 4) is 29.0 Å². The summed E-state index contributed by atoms with van der Waals surface area (Å²) in [6, 6.07) is 11.8. The van der Waals surface area contributed by atoms with Crippen molar-refractivity contribution in [2.75, 3.05) is 46.4 Å². The third-order valence-corrected chi connectivity index (χ3v) is 9.60. The molecule has 1 unspecified atom stereocenters. The maximum absolute atomic E-state index is 11.9. The molecule has 3 heterocycles. The van der Waals surface area contributed by atoms with Gasteiger partial charge in [-0.05, 0) is 90.2 Å². The summed E-state index contributed by atoms with van der Waals surface area (Å²) < 4.78 is 30.6. The average Bonchev–Trinajstić information content (AvgIpc) is 3.54. The van der Waals surface area contributed by atoms with Gasteiger partial charge in [0.1, 0.15) is 29.1 Å². The van der Waals surface area contributed by atoms with Gasteiger partial charge in [0.05, 0.1) is 46.4 Å². The normalized spacial score (nSPS) is 15.5. The molecule has 1 fully saturated rings. The third-order valence-electron chi connectivity index (χ3n) is 9.60. The van der Waals surface area contributed by atoms with E-state index >= 15 is 0 Å². The van der Waals surface area contributed by atoms with Crippen molar-refractivity contribution in [2.45, 2.75) is 91.1 Å². The number of methoxy groups -OCH3 is 4. The van der Waals surface area contributed by atoms with Crippen molar-refractivity contribution in [1.29, 1.82) is 0 Å². The van der Waals surface area contributed by atoms with E-state index in [0.717, 1.165) is 49.9 Å². The van der Waals surface area contributed by atoms with Gasteiger partial charge in [0.15, 0.2) is 11.5 Å². The number of ether oxygens (including phenoxy) is 5. The van der Waals surface area contributed by atoms with E-state index in [1.807, 2.05) is 43.3 Å². The number of fused-ring (bicyclic) bond motifs is 1. The van der Waals surface area contributed by atoms with Gasteiger partial charge in [0.25, 0.3) is 0 Å². The quantitative estimate of drug-likeness (QED) is 0.148. The molecule has 1 aliphatic rings. The maximum atomic E-state index is 11.9. The Balaban J connectivity index is 1.62. The second-order valence-corrected chi connectivity index (χ2v) is 14.0. The first-order valence-electron chi connectivity index (χ1n) is 17.5. The smallest absolute Gasteiger partial charge is 0.336 e. The number of benzene rings is 2. The summed E-state index contributed by atoms with van der Waals surface area (Å²) >= 11 is 0. The van der Waals surface area contributed by atoms with E-state index in [-0.39, 0.29) is 23.6 Å². The molecule has 12 nitrogen and oxygen atoms in total. The predicted molar refractivity (Wildman–Crippen MR) is 194 cm³/mol. The molecule has 2 atom stereocenters. The van der Waals surface area contributed by atoms with E-state index in [9.17, 15) is 5.11 Å². The molecule has 0 radical (unpaired) electrons. The van der Waals surface area contributed by atoms with Crippen LogP contribution in [0.5, 0.6) is 29.0 Å². The molecule has 0 spiro atoms. The van der Waals surface area contributed by atoms with Gasteiger partial charge < -0.3 is 33.7 Å². The van der Waals surface area contributed by atoms with E-state index in [1.165, 1.54) is 0 Å². The first-order valence-corrected chi connectivity index (χ1v) is 17.5. The van der Waals surface area contributed by atoms with Crippen LogP contribution in [-0.4, -0.2) is 82.8 Å². The molecule has 272 valence electrons. The summed E-state index contributed by atoms with van der Waals surface area (Å²) in [6.45, 7) is 13.5. The summed E-state index contributed by atoms with van der Waals surface area (Å²) in [5.41, 5.74) is 3.05. The highest BCUT2D eigenvalue weighted by Crippen LogP contribution is 2.36. The zero-order valence-electron chi connectivity index (χ0n) is 31.1. The van der Waals surface area contributed by atoms with Crippen LogP contribution in [0.2, 0.25) is 0 Å². The number of aliphatic hydroxyl groups is 1. The summed E-state index contributed by atoms with van der Waals surface area (Å²) in [7, 11) is 6.56. The van der Waals surface area contributed by atoms with Crippen LogP contribution in [0.1, 0.15) is 83.2 Å². The predicted octanol–water partition coefficient (Wildman–Crippen LogP) is 6.48. The highest BCUT2D eigenvalue weighted by Gasteiger charge is 2.33. The van der Waals surface area contributed by atoms with Crippen LogP contribution < -0.4 is 28.6 Å². The number of nitrogens with zero attached hydrogens (tertiary/aromatic N) is 6. The van der Waals surface area contributed by atoms with Crippen LogP contribution >= 0.6 is 0 Å². The number of piperidine rings is 1. The molecular formula is C38H54N6O6. The molecule has 0 saturated carbocycles. The Hall–Kier alpha value is -4.29. The number of hydrogen-bond acceptors (Lipinski definition) is 11. The van der Waals surface area contributed by atoms with Crippen LogP contribution in [0.3, 0.4) is 0 Å². The molecule has 1 N–H and O–H groups in total. The van der Waals surface area contributed by atoms with Gasteiger partial charge in [-0.3, -0.25) is 4.90 Å². The van der Waals surface area contributed by atoms with Crippen molar-refractivity contribution in [1.82, 2.24) is 24.5 Å². The lowest BCUT2D eigenvalue weighted by molar-refractivity contribution is 0.0251. The molecule has 12 heteroatoms. The number of aliphatic hydroxyl groups excluding tert-OH is 1. The molecule has 0 aliphatic carbocycles. The number of likely N-dealkylation sites (tertiary alicyclic amines) is 1. The minimum Gasteiger partial charge on any atom is -0.497 e. The number of anilines is 1. The monoisotopic (exact) mass is 690 g/mol. The number of rotatable bonds is 15. The first-order chi connectivity index (χ1) is 24.0. The van der Waals surface area contributed by atoms with E-state index in [0.29, 0.717) is 53.2 Å². The Morgan fingerprint density at radius 3 is 1.98 bits per heavy atom. The lowest BCUT2D eigenvalue weighted by atomic mass is 9.88. The lowest BCUT2D eigenvalue weighted by Crippen LogP contribution is -2.46. The highest BCUT2D eigenvalue weighted by atomic mass is 16.5. The fourth-order valence-corrected chi connectivity index (χ4v) is 6.68. The van der Waals surface area contributed by atoms with Crippen molar-refractivity contribution >= 4 is 11.5 Å². The minimum atomic E-state index is -0.757. The molecule has 0 amide bonds. The minimum absolute atomic E-state index is 0.0681. The lowest BCUT2D eigenvalue weighted by Gasteiger charge is -2.41. The SMILES string of the molecule is CCC[C@H](C)Oc1nc(N(Cc2ccc(OC)cc2OC)Cc2ccc(OC)cc2OC)c2ncc(C(O)C3CCN(C(C)(C)C)CC3)n2n1. The van der Waals surface area contributed by atoms with Crippen LogP contribution in [0.4, 0.5) is 5.82 Å². The highest BCUT2D eigenvalue weighted by molar-refractivity contribution is 5.66. The Morgan fingerprint density at radius 1 is 0.900 bits per heavy atom. The molecule has 1 saturated heterocycles. The maximum Gasteiger partial charge on any atom is 0.336 e. The third kappa shape index (κ3) is 8.35. The average molecular weight is 691 g/mol. The van der Waals surface area contributed by atoms with Crippen molar-refractivity contribution in [3.63, 3.8) is 0 Å². The molecule has 0 bridgehead atoms. The van der Waals surface area contributed by atoms with Gasteiger partial charge in [-0.1, -0.05) is 13.3 Å². The van der Waals surface area contributed by atoms with E-state index in [2.05, 4.69) is 37.5 Å². The van der Waals surface area contributed by atoms with E-state index < -0.39 is 6.10 Å². The Bertz CT molecular complexity index is 1660. The van der Waals surface area contributed by atoms with E-state index in [1.54, 1.807) is 39.2 Å². The summed E-state index contributed by atoms with van der Waals surface area (Å²) in [4.78, 5) is 14.4. The summed E-state index contributed by atoms with van der Waals surface area (Å²) in [5, 5.41) is 16.7. The van der Waals surface area contributed by atoms with Crippen molar-refractivity contribution in [3.05, 3.63) is 59.4 Å². The molecule has 50 heavy (non-hydrogen) atoms.